The molecule has 2 unspecified atom stereocenters. The zero-order valence-electron chi connectivity index (χ0n) is 18.6. The number of hydrogen-bond donors (Lipinski definition) is 2. The molecule has 3 N–H and O–H groups in total. The molecule has 8 nitrogen and oxygen atoms in total. The van der Waals surface area contributed by atoms with E-state index in [-0.39, 0.29) is 22.7 Å². The van der Waals surface area contributed by atoms with Crippen molar-refractivity contribution in [3.05, 3.63) is 81.8 Å². The molecule has 0 radical (unpaired) electrons. The Morgan fingerprint density at radius 1 is 1.09 bits per heavy atom. The van der Waals surface area contributed by atoms with Gasteiger partial charge in [-0.2, -0.15) is 4.98 Å². The maximum absolute atomic E-state index is 14.1. The molecule has 2 aromatic carbocycles. The van der Waals surface area contributed by atoms with Crippen LogP contribution in [0.15, 0.2) is 36.7 Å². The summed E-state index contributed by atoms with van der Waals surface area (Å²) < 4.78 is 48.9. The molecule has 0 bridgehead atoms. The van der Waals surface area contributed by atoms with E-state index in [1.54, 1.807) is 13.1 Å². The van der Waals surface area contributed by atoms with Crippen molar-refractivity contribution < 1.29 is 17.9 Å². The number of rotatable bonds is 5. The molecule has 180 valence electrons. The van der Waals surface area contributed by atoms with Gasteiger partial charge >= 0.3 is 0 Å². The van der Waals surface area contributed by atoms with Gasteiger partial charge in [0.1, 0.15) is 23.6 Å². The number of methoxy groups -OCH3 is 1. The Labute approximate surface area is 202 Å². The van der Waals surface area contributed by atoms with E-state index in [4.69, 9.17) is 22.1 Å². The summed E-state index contributed by atoms with van der Waals surface area (Å²) in [4.78, 5) is 12.6. The van der Waals surface area contributed by atoms with Crippen LogP contribution in [0, 0.1) is 17.5 Å². The summed E-state index contributed by atoms with van der Waals surface area (Å²) in [6.07, 6.45) is 1.86. The van der Waals surface area contributed by atoms with Gasteiger partial charge in [0.15, 0.2) is 17.5 Å². The number of nitrogens with zero attached hydrogens (tertiary/aromatic N) is 5. The second-order valence-electron chi connectivity index (χ2n) is 8.01. The second kappa shape index (κ2) is 8.73. The third-order valence-electron chi connectivity index (χ3n) is 6.10. The van der Waals surface area contributed by atoms with Crippen molar-refractivity contribution >= 4 is 23.4 Å². The van der Waals surface area contributed by atoms with Crippen molar-refractivity contribution in [1.29, 1.82) is 0 Å². The first-order valence-corrected chi connectivity index (χ1v) is 10.9. The van der Waals surface area contributed by atoms with Crippen molar-refractivity contribution in [3.63, 3.8) is 0 Å². The van der Waals surface area contributed by atoms with E-state index in [9.17, 15) is 13.2 Å². The lowest BCUT2D eigenvalue weighted by Gasteiger charge is -2.17. The van der Waals surface area contributed by atoms with Crippen LogP contribution < -0.4 is 15.8 Å². The molecule has 1 aliphatic rings. The Morgan fingerprint density at radius 2 is 1.83 bits per heavy atom. The fraction of sp³-hybridized carbons (Fsp3) is 0.217. The fourth-order valence-electron chi connectivity index (χ4n) is 4.60. The predicted molar refractivity (Wildman–Crippen MR) is 124 cm³/mol. The molecule has 4 aromatic rings. The SMILES string of the molecule is CNc1nc(N)nc2c1C(c1ccc(-n3cnc(Cl)n3)c(OC)c1)CC2c1cc(F)c(F)c(F)c1. The summed E-state index contributed by atoms with van der Waals surface area (Å²) in [6, 6.07) is 7.51. The molecule has 2 atom stereocenters. The van der Waals surface area contributed by atoms with Crippen molar-refractivity contribution in [1.82, 2.24) is 24.7 Å². The Balaban J connectivity index is 1.64. The number of halogens is 4. The Bertz CT molecular complexity index is 1420. The van der Waals surface area contributed by atoms with Crippen LogP contribution >= 0.6 is 11.6 Å². The van der Waals surface area contributed by atoms with E-state index >= 15 is 0 Å². The molecular formula is C23H19ClF3N7O. The number of anilines is 2. The van der Waals surface area contributed by atoms with Gasteiger partial charge in [0.05, 0.1) is 12.8 Å². The quantitative estimate of drug-likeness (QED) is 0.390. The van der Waals surface area contributed by atoms with Crippen LogP contribution in [0.3, 0.4) is 0 Å². The zero-order chi connectivity index (χ0) is 24.9. The van der Waals surface area contributed by atoms with Gasteiger partial charge in [-0.3, -0.25) is 0 Å². The van der Waals surface area contributed by atoms with E-state index in [0.717, 1.165) is 23.3 Å². The molecule has 5 rings (SSSR count). The van der Waals surface area contributed by atoms with Crippen LogP contribution in [0.25, 0.3) is 5.69 Å². The summed E-state index contributed by atoms with van der Waals surface area (Å²) in [7, 11) is 3.22. The lowest BCUT2D eigenvalue weighted by atomic mass is 9.90. The molecule has 12 heteroatoms. The third kappa shape index (κ3) is 3.91. The number of nitrogen functional groups attached to an aromatic ring is 1. The minimum absolute atomic E-state index is 0.0118. The number of nitrogens with one attached hydrogen (secondary N) is 1. The minimum Gasteiger partial charge on any atom is -0.494 e. The largest absolute Gasteiger partial charge is 0.494 e. The van der Waals surface area contributed by atoms with E-state index in [1.165, 1.54) is 18.1 Å². The number of fused-ring (bicyclic) bond motifs is 1. The number of aromatic nitrogens is 5. The van der Waals surface area contributed by atoms with Gasteiger partial charge in [-0.25, -0.2) is 27.8 Å². The molecular weight excluding hydrogens is 483 g/mol. The van der Waals surface area contributed by atoms with E-state index in [0.29, 0.717) is 29.4 Å². The molecule has 35 heavy (non-hydrogen) atoms. The number of ether oxygens (including phenoxy) is 1. The molecule has 1 aliphatic carbocycles. The van der Waals surface area contributed by atoms with Crippen LogP contribution in [0.2, 0.25) is 5.28 Å². The van der Waals surface area contributed by atoms with Gasteiger partial charge in [0.2, 0.25) is 11.2 Å². The predicted octanol–water partition coefficient (Wildman–Crippen LogP) is 4.43. The van der Waals surface area contributed by atoms with Gasteiger partial charge in [-0.1, -0.05) is 6.07 Å². The molecule has 0 fully saturated rings. The highest BCUT2D eigenvalue weighted by Crippen LogP contribution is 2.50. The first-order chi connectivity index (χ1) is 16.8. The summed E-state index contributed by atoms with van der Waals surface area (Å²) in [6.45, 7) is 0. The fourth-order valence-corrected chi connectivity index (χ4v) is 4.73. The monoisotopic (exact) mass is 501 g/mol. The molecule has 0 amide bonds. The van der Waals surface area contributed by atoms with Crippen molar-refractivity contribution in [2.45, 2.75) is 18.3 Å². The van der Waals surface area contributed by atoms with Gasteiger partial charge < -0.3 is 15.8 Å². The first-order valence-electron chi connectivity index (χ1n) is 10.6. The first kappa shape index (κ1) is 22.9. The third-order valence-corrected chi connectivity index (χ3v) is 6.28. The molecule has 2 aromatic heterocycles. The van der Waals surface area contributed by atoms with Crippen molar-refractivity contribution in [2.24, 2.45) is 0 Å². The van der Waals surface area contributed by atoms with Crippen LogP contribution in [-0.2, 0) is 0 Å². The van der Waals surface area contributed by atoms with Gasteiger partial charge in [-0.05, 0) is 53.4 Å². The van der Waals surface area contributed by atoms with Crippen LogP contribution in [-0.4, -0.2) is 38.9 Å². The van der Waals surface area contributed by atoms with Crippen molar-refractivity contribution in [3.8, 4) is 11.4 Å². The molecule has 0 saturated heterocycles. The topological polar surface area (TPSA) is 104 Å². The number of hydrogen-bond acceptors (Lipinski definition) is 7. The van der Waals surface area contributed by atoms with E-state index < -0.39 is 23.4 Å². The number of nitrogens with two attached hydrogens (primary N) is 1. The normalized spacial score (nSPS) is 16.9. The number of benzene rings is 2. The average molecular weight is 502 g/mol. The Kier molecular flexibility index (Phi) is 5.72. The smallest absolute Gasteiger partial charge is 0.242 e. The Hall–Kier alpha value is -3.86. The standard InChI is InChI=1S/C23H19ClF3N7O/c1-29-21-18-12(10-3-4-16(17(7-10)35-2)34-9-30-22(24)33-34)8-13(20(18)31-23(28)32-21)11-5-14(25)19(27)15(26)6-11/h3-7,9,12-13H,8H2,1-2H3,(H3,28,29,31,32). The lowest BCUT2D eigenvalue weighted by molar-refractivity contribution is 0.411. The van der Waals surface area contributed by atoms with Crippen molar-refractivity contribution in [2.75, 3.05) is 25.2 Å². The summed E-state index contributed by atoms with van der Waals surface area (Å²) in [5, 5.41) is 7.24. The summed E-state index contributed by atoms with van der Waals surface area (Å²) >= 11 is 5.86. The maximum Gasteiger partial charge on any atom is 0.242 e. The van der Waals surface area contributed by atoms with E-state index in [2.05, 4.69) is 25.4 Å². The van der Waals surface area contributed by atoms with Gasteiger partial charge in [0, 0.05) is 24.4 Å². The minimum atomic E-state index is -1.52. The summed E-state index contributed by atoms with van der Waals surface area (Å²) in [5.74, 6) is -3.86. The molecule has 0 saturated carbocycles. The maximum atomic E-state index is 14.1. The van der Waals surface area contributed by atoms with Crippen LogP contribution in [0.4, 0.5) is 24.9 Å². The lowest BCUT2D eigenvalue weighted by Crippen LogP contribution is -2.09. The van der Waals surface area contributed by atoms with Crippen LogP contribution in [0.5, 0.6) is 5.75 Å². The molecule has 2 heterocycles. The molecule has 0 aliphatic heterocycles. The summed E-state index contributed by atoms with van der Waals surface area (Å²) in [5.41, 5.74) is 8.90. The second-order valence-corrected chi connectivity index (χ2v) is 8.35. The van der Waals surface area contributed by atoms with E-state index in [1.807, 2.05) is 12.1 Å². The average Bonchev–Trinajstić information content (AvgIpc) is 3.45. The van der Waals surface area contributed by atoms with Gasteiger partial charge in [0.25, 0.3) is 0 Å². The highest BCUT2D eigenvalue weighted by Gasteiger charge is 2.38. The highest BCUT2D eigenvalue weighted by molar-refractivity contribution is 6.28. The Morgan fingerprint density at radius 3 is 2.46 bits per heavy atom. The van der Waals surface area contributed by atoms with Gasteiger partial charge in [-0.15, -0.1) is 5.10 Å². The highest BCUT2D eigenvalue weighted by atomic mass is 35.5. The zero-order valence-corrected chi connectivity index (χ0v) is 19.3. The van der Waals surface area contributed by atoms with Crippen LogP contribution in [0.1, 0.15) is 40.6 Å². The molecule has 0 spiro atoms.